The number of rotatable bonds is 7. The van der Waals surface area contributed by atoms with Gasteiger partial charge in [0, 0.05) is 0 Å². The molecule has 0 saturated carbocycles. The average molecular weight is 171 g/mol. The highest BCUT2D eigenvalue weighted by Crippen LogP contribution is 2.23. The fourth-order valence-electron chi connectivity index (χ4n) is 1.78. The summed E-state index contributed by atoms with van der Waals surface area (Å²) in [6, 6.07) is 0. The van der Waals surface area contributed by atoms with E-state index in [-0.39, 0.29) is 0 Å². The van der Waals surface area contributed by atoms with Crippen LogP contribution in [0.5, 0.6) is 0 Å². The number of hydrogen-bond donors (Lipinski definition) is 1. The SMILES string of the molecule is CCC(C)C(CC)CCCCN. The Morgan fingerprint density at radius 1 is 1.08 bits per heavy atom. The molecule has 0 aliphatic carbocycles. The van der Waals surface area contributed by atoms with Gasteiger partial charge in [0.1, 0.15) is 0 Å². The van der Waals surface area contributed by atoms with Crippen molar-refractivity contribution in [3.63, 3.8) is 0 Å². The first-order valence-corrected chi connectivity index (χ1v) is 5.46. The van der Waals surface area contributed by atoms with Crippen molar-refractivity contribution in [1.82, 2.24) is 0 Å². The van der Waals surface area contributed by atoms with E-state index in [9.17, 15) is 0 Å². The molecule has 0 aliphatic heterocycles. The van der Waals surface area contributed by atoms with Gasteiger partial charge in [-0.1, -0.05) is 46.5 Å². The second-order valence-electron chi connectivity index (χ2n) is 3.84. The van der Waals surface area contributed by atoms with Gasteiger partial charge in [0.15, 0.2) is 0 Å². The van der Waals surface area contributed by atoms with Crippen LogP contribution in [-0.4, -0.2) is 6.54 Å². The van der Waals surface area contributed by atoms with Crippen LogP contribution in [0.4, 0.5) is 0 Å². The van der Waals surface area contributed by atoms with Crippen LogP contribution < -0.4 is 5.73 Å². The van der Waals surface area contributed by atoms with E-state index < -0.39 is 0 Å². The molecule has 74 valence electrons. The third-order valence-electron chi connectivity index (χ3n) is 3.00. The van der Waals surface area contributed by atoms with E-state index in [2.05, 4.69) is 20.8 Å². The highest BCUT2D eigenvalue weighted by Gasteiger charge is 2.12. The van der Waals surface area contributed by atoms with Crippen molar-refractivity contribution in [1.29, 1.82) is 0 Å². The Morgan fingerprint density at radius 2 is 1.75 bits per heavy atom. The first-order chi connectivity index (χ1) is 5.76. The van der Waals surface area contributed by atoms with Gasteiger partial charge in [-0.2, -0.15) is 0 Å². The zero-order chi connectivity index (χ0) is 9.40. The zero-order valence-corrected chi connectivity index (χ0v) is 8.97. The molecule has 12 heavy (non-hydrogen) atoms. The van der Waals surface area contributed by atoms with E-state index in [0.29, 0.717) is 0 Å². The van der Waals surface area contributed by atoms with Gasteiger partial charge in [-0.05, 0) is 24.8 Å². The highest BCUT2D eigenvalue weighted by atomic mass is 14.5. The lowest BCUT2D eigenvalue weighted by atomic mass is 9.85. The maximum Gasteiger partial charge on any atom is -0.00773 e. The Kier molecular flexibility index (Phi) is 7.58. The van der Waals surface area contributed by atoms with Crippen molar-refractivity contribution in [3.8, 4) is 0 Å². The van der Waals surface area contributed by atoms with Gasteiger partial charge in [-0.25, -0.2) is 0 Å². The van der Waals surface area contributed by atoms with Crippen molar-refractivity contribution in [3.05, 3.63) is 0 Å². The first kappa shape index (κ1) is 12.0. The molecule has 1 heteroatoms. The summed E-state index contributed by atoms with van der Waals surface area (Å²) in [6.07, 6.45) is 6.55. The van der Waals surface area contributed by atoms with E-state index in [1.54, 1.807) is 0 Å². The number of nitrogens with two attached hydrogens (primary N) is 1. The summed E-state index contributed by atoms with van der Waals surface area (Å²) in [5, 5.41) is 0. The highest BCUT2D eigenvalue weighted by molar-refractivity contribution is 4.64. The van der Waals surface area contributed by atoms with Gasteiger partial charge in [0.2, 0.25) is 0 Å². The molecular weight excluding hydrogens is 146 g/mol. The van der Waals surface area contributed by atoms with Gasteiger partial charge in [0.05, 0.1) is 0 Å². The topological polar surface area (TPSA) is 26.0 Å². The second kappa shape index (κ2) is 7.60. The van der Waals surface area contributed by atoms with Crippen molar-refractivity contribution < 1.29 is 0 Å². The molecule has 0 spiro atoms. The Bertz CT molecular complexity index is 91.0. The Hall–Kier alpha value is -0.0400. The quantitative estimate of drug-likeness (QED) is 0.585. The molecule has 2 atom stereocenters. The Balaban J connectivity index is 3.52. The predicted octanol–water partition coefficient (Wildman–Crippen LogP) is 3.19. The van der Waals surface area contributed by atoms with Gasteiger partial charge in [0.25, 0.3) is 0 Å². The lowest BCUT2D eigenvalue weighted by Gasteiger charge is -2.20. The van der Waals surface area contributed by atoms with Gasteiger partial charge in [-0.15, -0.1) is 0 Å². The van der Waals surface area contributed by atoms with Crippen LogP contribution in [-0.2, 0) is 0 Å². The summed E-state index contributed by atoms with van der Waals surface area (Å²) in [5.74, 6) is 1.83. The molecule has 0 rings (SSSR count). The van der Waals surface area contributed by atoms with Gasteiger partial charge < -0.3 is 5.73 Å². The number of unbranched alkanes of at least 4 members (excludes halogenated alkanes) is 1. The summed E-state index contributed by atoms with van der Waals surface area (Å²) in [6.45, 7) is 7.82. The first-order valence-electron chi connectivity index (χ1n) is 5.46. The molecule has 0 amide bonds. The molecule has 0 bridgehead atoms. The van der Waals surface area contributed by atoms with Crippen LogP contribution in [0.25, 0.3) is 0 Å². The Morgan fingerprint density at radius 3 is 2.17 bits per heavy atom. The van der Waals surface area contributed by atoms with Crippen molar-refractivity contribution >= 4 is 0 Å². The van der Waals surface area contributed by atoms with Crippen LogP contribution in [0.1, 0.15) is 52.9 Å². The third-order valence-corrected chi connectivity index (χ3v) is 3.00. The molecule has 0 heterocycles. The fourth-order valence-corrected chi connectivity index (χ4v) is 1.78. The monoisotopic (exact) mass is 171 g/mol. The molecule has 0 radical (unpaired) electrons. The summed E-state index contributed by atoms with van der Waals surface area (Å²) in [7, 11) is 0. The second-order valence-corrected chi connectivity index (χ2v) is 3.84. The molecule has 1 nitrogen and oxygen atoms in total. The summed E-state index contributed by atoms with van der Waals surface area (Å²) < 4.78 is 0. The van der Waals surface area contributed by atoms with Crippen LogP contribution in [0.3, 0.4) is 0 Å². The van der Waals surface area contributed by atoms with Gasteiger partial charge in [-0.3, -0.25) is 0 Å². The predicted molar refractivity (Wildman–Crippen MR) is 56.1 cm³/mol. The molecule has 2 N–H and O–H groups in total. The molecule has 2 unspecified atom stereocenters. The van der Waals surface area contributed by atoms with Crippen molar-refractivity contribution in [2.75, 3.05) is 6.54 Å². The lowest BCUT2D eigenvalue weighted by molar-refractivity contribution is 0.309. The normalized spacial score (nSPS) is 16.0. The zero-order valence-electron chi connectivity index (χ0n) is 8.97. The summed E-state index contributed by atoms with van der Waals surface area (Å²) in [4.78, 5) is 0. The smallest absolute Gasteiger partial charge is 0.00773 e. The minimum Gasteiger partial charge on any atom is -0.330 e. The van der Waals surface area contributed by atoms with Crippen LogP contribution in [0.2, 0.25) is 0 Å². The van der Waals surface area contributed by atoms with E-state index >= 15 is 0 Å². The van der Waals surface area contributed by atoms with E-state index in [0.717, 1.165) is 18.4 Å². The van der Waals surface area contributed by atoms with Gasteiger partial charge >= 0.3 is 0 Å². The maximum absolute atomic E-state index is 5.46. The molecule has 0 aromatic rings. The van der Waals surface area contributed by atoms with Crippen molar-refractivity contribution in [2.24, 2.45) is 17.6 Å². The van der Waals surface area contributed by atoms with E-state index in [1.807, 2.05) is 0 Å². The average Bonchev–Trinajstić information content (AvgIpc) is 2.11. The van der Waals surface area contributed by atoms with Crippen LogP contribution in [0.15, 0.2) is 0 Å². The Labute approximate surface area is 77.7 Å². The maximum atomic E-state index is 5.46. The fraction of sp³-hybridized carbons (Fsp3) is 1.00. The largest absolute Gasteiger partial charge is 0.330 e. The van der Waals surface area contributed by atoms with Crippen molar-refractivity contribution in [2.45, 2.75) is 52.9 Å². The van der Waals surface area contributed by atoms with E-state index in [1.165, 1.54) is 32.1 Å². The standard InChI is InChI=1S/C11H25N/c1-4-10(3)11(5-2)8-6-7-9-12/h10-11H,4-9,12H2,1-3H3. The van der Waals surface area contributed by atoms with Crippen LogP contribution in [0, 0.1) is 11.8 Å². The molecule has 0 aromatic heterocycles. The van der Waals surface area contributed by atoms with Crippen LogP contribution >= 0.6 is 0 Å². The van der Waals surface area contributed by atoms with E-state index in [4.69, 9.17) is 5.73 Å². The summed E-state index contributed by atoms with van der Waals surface area (Å²) in [5.41, 5.74) is 5.46. The minimum absolute atomic E-state index is 0.858. The summed E-state index contributed by atoms with van der Waals surface area (Å²) >= 11 is 0. The molecule has 0 fully saturated rings. The molecule has 0 aromatic carbocycles. The molecule has 0 saturated heterocycles. The molecular formula is C11H25N. The lowest BCUT2D eigenvalue weighted by Crippen LogP contribution is -2.10. The number of hydrogen-bond acceptors (Lipinski definition) is 1. The minimum atomic E-state index is 0.858. The third kappa shape index (κ3) is 4.76. The molecule has 0 aliphatic rings.